The Morgan fingerprint density at radius 2 is 1.80 bits per heavy atom. The Morgan fingerprint density at radius 1 is 0.933 bits per heavy atom. The van der Waals surface area contributed by atoms with Gasteiger partial charge in [-0.2, -0.15) is 0 Å². The van der Waals surface area contributed by atoms with Crippen molar-refractivity contribution in [1.82, 2.24) is 0 Å². The van der Waals surface area contributed by atoms with E-state index in [9.17, 15) is 0 Å². The number of hydrogen-bond donors (Lipinski definition) is 0. The lowest BCUT2D eigenvalue weighted by atomic mass is 10.0. The Morgan fingerprint density at radius 3 is 2.67 bits per heavy atom. The largest absolute Gasteiger partial charge is 0.111 e. The molecule has 0 bridgehead atoms. The third-order valence-corrected chi connectivity index (χ3v) is 2.35. The molecule has 1 aliphatic rings. The summed E-state index contributed by atoms with van der Waals surface area (Å²) in [6.07, 6.45) is 13.2. The van der Waals surface area contributed by atoms with Crippen LogP contribution in [0.2, 0.25) is 0 Å². The lowest BCUT2D eigenvalue weighted by Gasteiger charge is -2.00. The molecule has 0 heterocycles. The molecule has 0 spiro atoms. The molecule has 1 radical (unpaired) electrons. The summed E-state index contributed by atoms with van der Waals surface area (Å²) in [6, 6.07) is 10.5. The molecule has 0 aromatic heterocycles. The van der Waals surface area contributed by atoms with Crippen molar-refractivity contribution in [2.75, 3.05) is 0 Å². The average molecular weight is 193 g/mol. The molecule has 0 saturated carbocycles. The molecule has 0 saturated heterocycles. The second-order valence-corrected chi connectivity index (χ2v) is 3.50. The summed E-state index contributed by atoms with van der Waals surface area (Å²) < 4.78 is 0. The van der Waals surface area contributed by atoms with Crippen LogP contribution in [0, 0.1) is 6.08 Å². The van der Waals surface area contributed by atoms with Gasteiger partial charge in [0.2, 0.25) is 0 Å². The van der Waals surface area contributed by atoms with Crippen LogP contribution in [0.25, 0.3) is 0 Å². The molecule has 0 amide bonds. The van der Waals surface area contributed by atoms with Gasteiger partial charge in [0, 0.05) is 6.08 Å². The molecule has 73 valence electrons. The van der Waals surface area contributed by atoms with Crippen molar-refractivity contribution in [2.45, 2.75) is 12.8 Å². The van der Waals surface area contributed by atoms with Gasteiger partial charge in [0.15, 0.2) is 0 Å². The first-order valence-electron chi connectivity index (χ1n) is 5.20. The second-order valence-electron chi connectivity index (χ2n) is 3.50. The minimum Gasteiger partial charge on any atom is -0.111 e. The quantitative estimate of drug-likeness (QED) is 0.643. The van der Waals surface area contributed by atoms with Gasteiger partial charge in [0.1, 0.15) is 0 Å². The van der Waals surface area contributed by atoms with Crippen LogP contribution < -0.4 is 0 Å². The minimum absolute atomic E-state index is 1.02. The van der Waals surface area contributed by atoms with E-state index in [-0.39, 0.29) is 0 Å². The molecular formula is C15H13. The lowest BCUT2D eigenvalue weighted by Crippen LogP contribution is -1.86. The highest BCUT2D eigenvalue weighted by molar-refractivity contribution is 5.26. The van der Waals surface area contributed by atoms with Crippen LogP contribution in [-0.2, 0) is 6.42 Å². The predicted molar refractivity (Wildman–Crippen MR) is 63.3 cm³/mol. The number of allylic oxidation sites excluding steroid dienone is 5. The smallest absolute Gasteiger partial charge is 0.0349 e. The first-order valence-corrected chi connectivity index (χ1v) is 5.20. The van der Waals surface area contributed by atoms with Gasteiger partial charge in [-0.3, -0.25) is 0 Å². The minimum atomic E-state index is 1.02. The van der Waals surface area contributed by atoms with Crippen LogP contribution in [0.1, 0.15) is 12.0 Å². The maximum absolute atomic E-state index is 3.14. The molecule has 0 nitrogen and oxygen atoms in total. The number of aryl methyl sites for hydroxylation is 1. The predicted octanol–water partition coefficient (Wildman–Crippen LogP) is 3.63. The summed E-state index contributed by atoms with van der Waals surface area (Å²) in [7, 11) is 0. The van der Waals surface area contributed by atoms with Crippen LogP contribution in [0.4, 0.5) is 0 Å². The van der Waals surface area contributed by atoms with Crippen molar-refractivity contribution in [3.05, 3.63) is 77.6 Å². The van der Waals surface area contributed by atoms with Gasteiger partial charge in [0.25, 0.3) is 0 Å². The van der Waals surface area contributed by atoms with Crippen molar-refractivity contribution < 1.29 is 0 Å². The van der Waals surface area contributed by atoms with E-state index in [0.29, 0.717) is 0 Å². The highest BCUT2D eigenvalue weighted by Crippen LogP contribution is 2.10. The molecule has 0 heteroatoms. The fourth-order valence-electron chi connectivity index (χ4n) is 1.52. The number of hydrogen-bond acceptors (Lipinski definition) is 0. The Bertz CT molecular complexity index is 426. The van der Waals surface area contributed by atoms with Gasteiger partial charge in [0.05, 0.1) is 0 Å². The van der Waals surface area contributed by atoms with Crippen LogP contribution in [0.3, 0.4) is 0 Å². The molecule has 2 rings (SSSR count). The first kappa shape index (κ1) is 9.76. The summed E-state index contributed by atoms with van der Waals surface area (Å²) in [6.45, 7) is 0. The van der Waals surface area contributed by atoms with Gasteiger partial charge >= 0.3 is 0 Å². The molecule has 15 heavy (non-hydrogen) atoms. The monoisotopic (exact) mass is 193 g/mol. The molecule has 0 atom stereocenters. The SMILES string of the molecule is [C]1=C=CC=CC=C1CCc1ccccc1. The van der Waals surface area contributed by atoms with Gasteiger partial charge in [-0.15, -0.1) is 5.73 Å². The molecule has 1 aromatic carbocycles. The Hall–Kier alpha value is -1.78. The second kappa shape index (κ2) is 5.19. The summed E-state index contributed by atoms with van der Waals surface area (Å²) in [4.78, 5) is 0. The van der Waals surface area contributed by atoms with E-state index < -0.39 is 0 Å². The zero-order chi connectivity index (χ0) is 10.3. The molecule has 0 fully saturated rings. The average Bonchev–Trinajstić information content (AvgIpc) is 2.56. The van der Waals surface area contributed by atoms with Gasteiger partial charge in [-0.05, 0) is 30.1 Å². The van der Waals surface area contributed by atoms with Crippen molar-refractivity contribution in [1.29, 1.82) is 0 Å². The van der Waals surface area contributed by atoms with Gasteiger partial charge in [-0.25, -0.2) is 0 Å². The maximum atomic E-state index is 3.14. The standard InChI is InChI=1S/C15H13/c1-2-5-9-14(8-4-1)12-13-15-10-6-3-7-11-15/h1-4,6-8,10-11H,12-13H2. The molecular weight excluding hydrogens is 180 g/mol. The summed E-state index contributed by atoms with van der Waals surface area (Å²) in [5.41, 5.74) is 5.59. The van der Waals surface area contributed by atoms with Crippen molar-refractivity contribution in [3.8, 4) is 0 Å². The third-order valence-electron chi connectivity index (χ3n) is 2.35. The van der Waals surface area contributed by atoms with Gasteiger partial charge < -0.3 is 0 Å². The number of rotatable bonds is 3. The summed E-state index contributed by atoms with van der Waals surface area (Å²) in [5.74, 6) is 0. The highest BCUT2D eigenvalue weighted by Gasteiger charge is 1.95. The summed E-state index contributed by atoms with van der Waals surface area (Å²) >= 11 is 0. The Labute approximate surface area is 91.0 Å². The van der Waals surface area contributed by atoms with E-state index in [1.54, 1.807) is 0 Å². The summed E-state index contributed by atoms with van der Waals surface area (Å²) in [5, 5.41) is 0. The van der Waals surface area contributed by atoms with E-state index in [1.807, 2.05) is 24.3 Å². The molecule has 0 aliphatic heterocycles. The van der Waals surface area contributed by atoms with Gasteiger partial charge in [-0.1, -0.05) is 48.6 Å². The Balaban J connectivity index is 1.97. The molecule has 1 aliphatic carbocycles. The van der Waals surface area contributed by atoms with Crippen LogP contribution in [0.15, 0.2) is 65.9 Å². The zero-order valence-corrected chi connectivity index (χ0v) is 8.61. The normalized spacial score (nSPS) is 13.7. The molecule has 1 aromatic rings. The zero-order valence-electron chi connectivity index (χ0n) is 8.61. The van der Waals surface area contributed by atoms with E-state index in [2.05, 4.69) is 42.1 Å². The van der Waals surface area contributed by atoms with Crippen molar-refractivity contribution in [3.63, 3.8) is 0 Å². The highest BCUT2D eigenvalue weighted by atomic mass is 14.0. The lowest BCUT2D eigenvalue weighted by molar-refractivity contribution is 0.960. The first-order chi connectivity index (χ1) is 7.45. The van der Waals surface area contributed by atoms with Crippen molar-refractivity contribution in [2.24, 2.45) is 0 Å². The number of benzene rings is 1. The van der Waals surface area contributed by atoms with Crippen LogP contribution in [0.5, 0.6) is 0 Å². The van der Waals surface area contributed by atoms with E-state index in [0.717, 1.165) is 12.8 Å². The van der Waals surface area contributed by atoms with Crippen LogP contribution in [-0.4, -0.2) is 0 Å². The molecule has 0 unspecified atom stereocenters. The van der Waals surface area contributed by atoms with Crippen LogP contribution >= 0.6 is 0 Å². The molecule has 0 N–H and O–H groups in total. The van der Waals surface area contributed by atoms with E-state index >= 15 is 0 Å². The fraction of sp³-hybridized carbons (Fsp3) is 0.133. The maximum Gasteiger partial charge on any atom is 0.0349 e. The Kier molecular flexibility index (Phi) is 3.38. The van der Waals surface area contributed by atoms with E-state index in [1.165, 1.54) is 11.1 Å². The van der Waals surface area contributed by atoms with E-state index in [4.69, 9.17) is 0 Å². The van der Waals surface area contributed by atoms with Crippen molar-refractivity contribution >= 4 is 0 Å². The topological polar surface area (TPSA) is 0 Å². The third kappa shape index (κ3) is 3.12. The fourth-order valence-corrected chi connectivity index (χ4v) is 1.52.